The normalized spacial score (nSPS) is 12.9. The first-order chi connectivity index (χ1) is 9.82. The summed E-state index contributed by atoms with van der Waals surface area (Å²) in [5.41, 5.74) is -0.539. The molecule has 0 aromatic heterocycles. The predicted octanol–water partition coefficient (Wildman–Crippen LogP) is 2.64. The highest BCUT2D eigenvalue weighted by molar-refractivity contribution is 6.32. The van der Waals surface area contributed by atoms with Gasteiger partial charge >= 0.3 is 0 Å². The molecule has 1 unspecified atom stereocenters. The van der Waals surface area contributed by atoms with E-state index in [9.17, 15) is 4.79 Å². The van der Waals surface area contributed by atoms with Crippen LogP contribution >= 0.6 is 11.6 Å². The molecule has 6 heteroatoms. The zero-order valence-electron chi connectivity index (χ0n) is 12.1. The molecule has 0 bridgehead atoms. The Kier molecular flexibility index (Phi) is 5.58. The maximum Gasteiger partial charge on any atom is 0.259 e. The van der Waals surface area contributed by atoms with E-state index in [0.29, 0.717) is 11.3 Å². The molecule has 1 N–H and O–H groups in total. The molecule has 0 fully saturated rings. The largest absolute Gasteiger partial charge is 0.482 e. The van der Waals surface area contributed by atoms with E-state index in [2.05, 4.69) is 11.4 Å². The first kappa shape index (κ1) is 16.8. The Bertz CT molecular complexity index is 616. The number of benzene rings is 1. The summed E-state index contributed by atoms with van der Waals surface area (Å²) in [5.74, 6) is -0.132. The predicted molar refractivity (Wildman–Crippen MR) is 78.7 cm³/mol. The molecule has 0 aliphatic heterocycles. The monoisotopic (exact) mass is 305 g/mol. The Hall–Kier alpha value is -2.24. The zero-order chi connectivity index (χ0) is 16.0. The van der Waals surface area contributed by atoms with E-state index in [1.807, 2.05) is 19.9 Å². The topological polar surface area (TPSA) is 85.9 Å². The van der Waals surface area contributed by atoms with Crippen LogP contribution in [-0.4, -0.2) is 18.1 Å². The minimum atomic E-state index is -0.950. The maximum atomic E-state index is 11.8. The smallest absolute Gasteiger partial charge is 0.259 e. The number of hydrogen-bond donors (Lipinski definition) is 1. The van der Waals surface area contributed by atoms with Crippen molar-refractivity contribution in [3.63, 3.8) is 0 Å². The van der Waals surface area contributed by atoms with Gasteiger partial charge in [-0.15, -0.1) is 0 Å². The lowest BCUT2D eigenvalue weighted by Gasteiger charge is -2.27. The fourth-order valence-corrected chi connectivity index (χ4v) is 1.69. The lowest BCUT2D eigenvalue weighted by Crippen LogP contribution is -2.50. The number of nitriles is 2. The Labute approximate surface area is 129 Å². The van der Waals surface area contributed by atoms with Gasteiger partial charge in [0.2, 0.25) is 0 Å². The van der Waals surface area contributed by atoms with Crippen LogP contribution in [0, 0.1) is 28.6 Å². The first-order valence-electron chi connectivity index (χ1n) is 6.37. The van der Waals surface area contributed by atoms with Crippen LogP contribution < -0.4 is 10.1 Å². The van der Waals surface area contributed by atoms with Crippen LogP contribution in [0.15, 0.2) is 18.2 Å². The fourth-order valence-electron chi connectivity index (χ4n) is 1.46. The average Bonchev–Trinajstić information content (AvgIpc) is 2.45. The maximum absolute atomic E-state index is 11.8. The van der Waals surface area contributed by atoms with Crippen molar-refractivity contribution in [2.75, 3.05) is 6.61 Å². The van der Waals surface area contributed by atoms with E-state index in [1.165, 1.54) is 12.1 Å². The van der Waals surface area contributed by atoms with Crippen LogP contribution in [0.3, 0.4) is 0 Å². The number of nitrogens with one attached hydrogen (secondary N) is 1. The van der Waals surface area contributed by atoms with E-state index in [-0.39, 0.29) is 17.5 Å². The molecule has 1 aromatic rings. The summed E-state index contributed by atoms with van der Waals surface area (Å²) in [5, 5.41) is 20.8. The summed E-state index contributed by atoms with van der Waals surface area (Å²) in [4.78, 5) is 11.8. The molecule has 0 aliphatic rings. The molecular weight excluding hydrogens is 290 g/mol. The second kappa shape index (κ2) is 6.97. The quantitative estimate of drug-likeness (QED) is 0.906. The van der Waals surface area contributed by atoms with E-state index in [0.717, 1.165) is 0 Å². The van der Waals surface area contributed by atoms with Crippen molar-refractivity contribution in [1.29, 1.82) is 10.5 Å². The van der Waals surface area contributed by atoms with Gasteiger partial charge in [-0.1, -0.05) is 25.4 Å². The van der Waals surface area contributed by atoms with Crippen molar-refractivity contribution >= 4 is 17.5 Å². The highest BCUT2D eigenvalue weighted by atomic mass is 35.5. The molecule has 1 aromatic carbocycles. The molecule has 0 aliphatic carbocycles. The van der Waals surface area contributed by atoms with Gasteiger partial charge in [0.1, 0.15) is 11.3 Å². The van der Waals surface area contributed by atoms with Crippen LogP contribution in [-0.2, 0) is 4.79 Å². The highest BCUT2D eigenvalue weighted by Crippen LogP contribution is 2.25. The average molecular weight is 306 g/mol. The van der Waals surface area contributed by atoms with Gasteiger partial charge in [-0.2, -0.15) is 10.5 Å². The molecule has 0 spiro atoms. The summed E-state index contributed by atoms with van der Waals surface area (Å²) in [6, 6.07) is 8.58. The van der Waals surface area contributed by atoms with Crippen molar-refractivity contribution < 1.29 is 9.53 Å². The standard InChI is InChI=1S/C15H16ClN3O2/c1-10(2)15(3,9-18)19-14(20)8-21-13-5-4-11(7-17)6-12(13)16/h4-6,10H,8H2,1-3H3,(H,19,20). The van der Waals surface area contributed by atoms with Gasteiger partial charge in [-0.05, 0) is 31.0 Å². The van der Waals surface area contributed by atoms with Crippen molar-refractivity contribution in [3.05, 3.63) is 28.8 Å². The van der Waals surface area contributed by atoms with E-state index in [4.69, 9.17) is 26.9 Å². The Morgan fingerprint density at radius 1 is 1.48 bits per heavy atom. The second-order valence-corrected chi connectivity index (χ2v) is 5.47. The van der Waals surface area contributed by atoms with Crippen LogP contribution in [0.2, 0.25) is 5.02 Å². The number of halogens is 1. The molecule has 1 atom stereocenters. The van der Waals surface area contributed by atoms with Gasteiger partial charge < -0.3 is 10.1 Å². The number of ether oxygens (including phenoxy) is 1. The summed E-state index contributed by atoms with van der Waals surface area (Å²) in [6.07, 6.45) is 0. The molecule has 1 amide bonds. The zero-order valence-corrected chi connectivity index (χ0v) is 12.9. The minimum absolute atomic E-state index is 0.0371. The Morgan fingerprint density at radius 2 is 2.14 bits per heavy atom. The third-order valence-corrected chi connectivity index (χ3v) is 3.50. The summed E-state index contributed by atoms with van der Waals surface area (Å²) < 4.78 is 5.31. The van der Waals surface area contributed by atoms with E-state index in [1.54, 1.807) is 13.0 Å². The van der Waals surface area contributed by atoms with Crippen molar-refractivity contribution in [3.8, 4) is 17.9 Å². The Balaban J connectivity index is 2.66. The van der Waals surface area contributed by atoms with E-state index >= 15 is 0 Å². The summed E-state index contributed by atoms with van der Waals surface area (Å²) in [7, 11) is 0. The number of rotatable bonds is 5. The third-order valence-electron chi connectivity index (χ3n) is 3.21. The lowest BCUT2D eigenvalue weighted by molar-refractivity contribution is -0.124. The van der Waals surface area contributed by atoms with Crippen LogP contribution in [0.4, 0.5) is 0 Å². The van der Waals surface area contributed by atoms with Gasteiger partial charge in [0, 0.05) is 0 Å². The van der Waals surface area contributed by atoms with E-state index < -0.39 is 11.4 Å². The molecule has 110 valence electrons. The lowest BCUT2D eigenvalue weighted by atomic mass is 9.90. The highest BCUT2D eigenvalue weighted by Gasteiger charge is 2.30. The molecule has 0 saturated heterocycles. The van der Waals surface area contributed by atoms with Crippen molar-refractivity contribution in [2.24, 2.45) is 5.92 Å². The van der Waals surface area contributed by atoms with Crippen LogP contribution in [0.5, 0.6) is 5.75 Å². The number of carbonyl (C=O) groups is 1. The molecular formula is C15H16ClN3O2. The number of amides is 1. The molecule has 0 saturated carbocycles. The fraction of sp³-hybridized carbons (Fsp3) is 0.400. The minimum Gasteiger partial charge on any atom is -0.482 e. The number of nitrogens with zero attached hydrogens (tertiary/aromatic N) is 2. The third kappa shape index (κ3) is 4.37. The number of hydrogen-bond acceptors (Lipinski definition) is 4. The van der Waals surface area contributed by atoms with Gasteiger partial charge in [0.25, 0.3) is 5.91 Å². The van der Waals surface area contributed by atoms with Gasteiger partial charge in [0.15, 0.2) is 6.61 Å². The molecule has 0 heterocycles. The van der Waals surface area contributed by atoms with Gasteiger partial charge in [0.05, 0.1) is 22.7 Å². The first-order valence-corrected chi connectivity index (χ1v) is 6.75. The van der Waals surface area contributed by atoms with Gasteiger partial charge in [-0.3, -0.25) is 4.79 Å². The van der Waals surface area contributed by atoms with Crippen LogP contribution in [0.1, 0.15) is 26.3 Å². The Morgan fingerprint density at radius 3 is 2.62 bits per heavy atom. The van der Waals surface area contributed by atoms with Crippen molar-refractivity contribution in [1.82, 2.24) is 5.32 Å². The molecule has 1 rings (SSSR count). The summed E-state index contributed by atoms with van der Waals surface area (Å²) >= 11 is 5.94. The SMILES string of the molecule is CC(C)C(C)(C#N)NC(=O)COc1ccc(C#N)cc1Cl. The van der Waals surface area contributed by atoms with Gasteiger partial charge in [-0.25, -0.2) is 0 Å². The molecule has 21 heavy (non-hydrogen) atoms. The van der Waals surface area contributed by atoms with Crippen LogP contribution in [0.25, 0.3) is 0 Å². The summed E-state index contributed by atoms with van der Waals surface area (Å²) in [6.45, 7) is 5.10. The second-order valence-electron chi connectivity index (χ2n) is 5.06. The molecule has 5 nitrogen and oxygen atoms in total. The molecule has 0 radical (unpaired) electrons. The van der Waals surface area contributed by atoms with Crippen molar-refractivity contribution in [2.45, 2.75) is 26.3 Å². The number of carbonyl (C=O) groups excluding carboxylic acids is 1.